The zero-order valence-electron chi connectivity index (χ0n) is 12.4. The third-order valence-corrected chi connectivity index (χ3v) is 3.43. The third kappa shape index (κ3) is 3.70. The van der Waals surface area contributed by atoms with Crippen molar-refractivity contribution in [2.45, 2.75) is 25.8 Å². The van der Waals surface area contributed by atoms with E-state index in [4.69, 9.17) is 5.11 Å². The average Bonchev–Trinajstić information content (AvgIpc) is 2.89. The van der Waals surface area contributed by atoms with E-state index in [9.17, 15) is 4.79 Å². The third-order valence-electron chi connectivity index (χ3n) is 3.43. The van der Waals surface area contributed by atoms with Gasteiger partial charge < -0.3 is 10.4 Å². The molecule has 1 unspecified atom stereocenters. The van der Waals surface area contributed by atoms with E-state index in [1.165, 1.54) is 0 Å². The van der Waals surface area contributed by atoms with Crippen LogP contribution >= 0.6 is 0 Å². The number of carbonyl (C=O) groups is 1. The second-order valence-corrected chi connectivity index (χ2v) is 5.02. The summed E-state index contributed by atoms with van der Waals surface area (Å²) in [6.45, 7) is 2.05. The molecule has 0 bridgehead atoms. The van der Waals surface area contributed by atoms with Crippen molar-refractivity contribution < 1.29 is 9.90 Å². The Morgan fingerprint density at radius 2 is 2.10 bits per heavy atom. The molecule has 0 aliphatic carbocycles. The summed E-state index contributed by atoms with van der Waals surface area (Å²) in [4.78, 5) is 12.5. The molecule has 1 amide bonds. The van der Waals surface area contributed by atoms with Gasteiger partial charge in [-0.2, -0.15) is 5.10 Å². The number of aromatic nitrogens is 2. The molecule has 2 N–H and O–H groups in total. The van der Waals surface area contributed by atoms with Crippen LogP contribution in [0.15, 0.2) is 36.5 Å². The van der Waals surface area contributed by atoms with Gasteiger partial charge in [0.1, 0.15) is 5.69 Å². The highest BCUT2D eigenvalue weighted by Gasteiger charge is 2.19. The first-order valence-corrected chi connectivity index (χ1v) is 7.16. The van der Waals surface area contributed by atoms with Gasteiger partial charge in [0.15, 0.2) is 0 Å². The Morgan fingerprint density at radius 3 is 2.71 bits per heavy atom. The Labute approximate surface area is 124 Å². The van der Waals surface area contributed by atoms with Crippen LogP contribution in [0.1, 0.15) is 30.1 Å². The van der Waals surface area contributed by atoms with E-state index in [1.807, 2.05) is 37.3 Å². The molecule has 1 heterocycles. The normalized spacial score (nSPS) is 12.1. The average molecular weight is 287 g/mol. The Kier molecular flexibility index (Phi) is 5.11. The molecular weight excluding hydrogens is 266 g/mol. The molecule has 5 nitrogen and oxygen atoms in total. The van der Waals surface area contributed by atoms with E-state index in [2.05, 4.69) is 10.4 Å². The van der Waals surface area contributed by atoms with Gasteiger partial charge in [0, 0.05) is 31.5 Å². The van der Waals surface area contributed by atoms with E-state index < -0.39 is 0 Å². The molecule has 1 atom stereocenters. The van der Waals surface area contributed by atoms with Gasteiger partial charge in [-0.25, -0.2) is 0 Å². The minimum absolute atomic E-state index is 0.0219. The number of aliphatic hydroxyl groups is 1. The van der Waals surface area contributed by atoms with E-state index in [1.54, 1.807) is 17.9 Å². The van der Waals surface area contributed by atoms with Crippen LogP contribution < -0.4 is 5.32 Å². The first-order chi connectivity index (χ1) is 10.2. The number of hydrogen-bond donors (Lipinski definition) is 2. The highest BCUT2D eigenvalue weighted by atomic mass is 16.3. The lowest BCUT2D eigenvalue weighted by molar-refractivity contribution is 0.0929. The quantitative estimate of drug-likeness (QED) is 0.853. The van der Waals surface area contributed by atoms with Crippen LogP contribution in [0.25, 0.3) is 11.3 Å². The maximum absolute atomic E-state index is 12.5. The van der Waals surface area contributed by atoms with Gasteiger partial charge in [-0.05, 0) is 12.8 Å². The van der Waals surface area contributed by atoms with Gasteiger partial charge in [0.2, 0.25) is 0 Å². The molecule has 0 saturated heterocycles. The molecule has 5 heteroatoms. The van der Waals surface area contributed by atoms with Crippen molar-refractivity contribution in [3.05, 3.63) is 42.1 Å². The molecule has 2 aromatic rings. The Balaban J connectivity index is 2.26. The molecule has 0 fully saturated rings. The number of benzene rings is 1. The topological polar surface area (TPSA) is 67.2 Å². The summed E-state index contributed by atoms with van der Waals surface area (Å²) in [6, 6.07) is 9.62. The second-order valence-electron chi connectivity index (χ2n) is 5.02. The molecule has 2 rings (SSSR count). The van der Waals surface area contributed by atoms with Crippen LogP contribution in [-0.4, -0.2) is 33.4 Å². The van der Waals surface area contributed by atoms with E-state index in [-0.39, 0.29) is 18.6 Å². The highest BCUT2D eigenvalue weighted by Crippen LogP contribution is 2.21. The SMILES string of the molecule is CCC(CCO)NC(=O)c1cn(C)nc1-c1ccccc1. The summed E-state index contributed by atoms with van der Waals surface area (Å²) >= 11 is 0. The zero-order valence-corrected chi connectivity index (χ0v) is 12.4. The molecule has 21 heavy (non-hydrogen) atoms. The number of aliphatic hydroxyl groups excluding tert-OH is 1. The minimum Gasteiger partial charge on any atom is -0.396 e. The van der Waals surface area contributed by atoms with Gasteiger partial charge in [-0.15, -0.1) is 0 Å². The van der Waals surface area contributed by atoms with Crippen LogP contribution in [0.3, 0.4) is 0 Å². The van der Waals surface area contributed by atoms with Gasteiger partial charge >= 0.3 is 0 Å². The van der Waals surface area contributed by atoms with Crippen molar-refractivity contribution in [2.75, 3.05) is 6.61 Å². The Hall–Kier alpha value is -2.14. The van der Waals surface area contributed by atoms with Gasteiger partial charge in [0.05, 0.1) is 5.56 Å². The zero-order chi connectivity index (χ0) is 15.2. The number of aryl methyl sites for hydroxylation is 1. The molecular formula is C16H21N3O2. The molecule has 112 valence electrons. The first-order valence-electron chi connectivity index (χ1n) is 7.16. The van der Waals surface area contributed by atoms with Crippen molar-refractivity contribution in [3.8, 4) is 11.3 Å². The van der Waals surface area contributed by atoms with E-state index in [0.29, 0.717) is 17.7 Å². The molecule has 1 aromatic heterocycles. The first kappa shape index (κ1) is 15.3. The second kappa shape index (κ2) is 7.04. The van der Waals surface area contributed by atoms with Crippen LogP contribution in [-0.2, 0) is 7.05 Å². The van der Waals surface area contributed by atoms with Gasteiger partial charge in [-0.3, -0.25) is 9.48 Å². The highest BCUT2D eigenvalue weighted by molar-refractivity contribution is 5.99. The number of nitrogens with zero attached hydrogens (tertiary/aromatic N) is 2. The van der Waals surface area contributed by atoms with E-state index in [0.717, 1.165) is 12.0 Å². The predicted molar refractivity (Wildman–Crippen MR) is 81.9 cm³/mol. The summed E-state index contributed by atoms with van der Waals surface area (Å²) in [6.07, 6.45) is 3.07. The maximum atomic E-state index is 12.5. The Morgan fingerprint density at radius 1 is 1.38 bits per heavy atom. The number of amides is 1. The number of carbonyl (C=O) groups excluding carboxylic acids is 1. The number of rotatable bonds is 6. The van der Waals surface area contributed by atoms with E-state index >= 15 is 0 Å². The van der Waals surface area contributed by atoms with Crippen molar-refractivity contribution in [1.82, 2.24) is 15.1 Å². The fraction of sp³-hybridized carbons (Fsp3) is 0.375. The molecule has 1 aromatic carbocycles. The molecule has 0 spiro atoms. The Bertz CT molecular complexity index is 593. The molecule has 0 aliphatic rings. The standard InChI is InChI=1S/C16H21N3O2/c1-3-13(9-10-20)17-16(21)14-11-19(2)18-15(14)12-7-5-4-6-8-12/h4-8,11,13,20H,3,9-10H2,1-2H3,(H,17,21). The summed E-state index contributed by atoms with van der Waals surface area (Å²) in [7, 11) is 1.80. The van der Waals surface area contributed by atoms with Crippen molar-refractivity contribution in [3.63, 3.8) is 0 Å². The van der Waals surface area contributed by atoms with Crippen LogP contribution in [0.5, 0.6) is 0 Å². The lowest BCUT2D eigenvalue weighted by Gasteiger charge is -2.15. The summed E-state index contributed by atoms with van der Waals surface area (Å²) in [5, 5.41) is 16.4. The summed E-state index contributed by atoms with van der Waals surface area (Å²) in [5.74, 6) is -0.151. The minimum atomic E-state index is -0.151. The van der Waals surface area contributed by atoms with Crippen LogP contribution in [0.2, 0.25) is 0 Å². The van der Waals surface area contributed by atoms with Crippen LogP contribution in [0.4, 0.5) is 0 Å². The largest absolute Gasteiger partial charge is 0.396 e. The lowest BCUT2D eigenvalue weighted by Crippen LogP contribution is -2.35. The van der Waals surface area contributed by atoms with Crippen molar-refractivity contribution in [1.29, 1.82) is 0 Å². The smallest absolute Gasteiger partial charge is 0.255 e. The lowest BCUT2D eigenvalue weighted by atomic mass is 10.1. The van der Waals surface area contributed by atoms with Crippen molar-refractivity contribution in [2.24, 2.45) is 7.05 Å². The number of hydrogen-bond acceptors (Lipinski definition) is 3. The fourth-order valence-electron chi connectivity index (χ4n) is 2.26. The summed E-state index contributed by atoms with van der Waals surface area (Å²) < 4.78 is 1.64. The van der Waals surface area contributed by atoms with Crippen LogP contribution in [0, 0.1) is 0 Å². The molecule has 0 saturated carbocycles. The predicted octanol–water partition coefficient (Wildman–Crippen LogP) is 1.98. The monoisotopic (exact) mass is 287 g/mol. The summed E-state index contributed by atoms with van der Waals surface area (Å²) in [5.41, 5.74) is 2.15. The number of nitrogens with one attached hydrogen (secondary N) is 1. The molecule has 0 radical (unpaired) electrons. The maximum Gasteiger partial charge on any atom is 0.255 e. The molecule has 0 aliphatic heterocycles. The van der Waals surface area contributed by atoms with Gasteiger partial charge in [-0.1, -0.05) is 37.3 Å². The van der Waals surface area contributed by atoms with Gasteiger partial charge in [0.25, 0.3) is 5.91 Å². The van der Waals surface area contributed by atoms with Crippen molar-refractivity contribution >= 4 is 5.91 Å². The fourth-order valence-corrected chi connectivity index (χ4v) is 2.26.